The summed E-state index contributed by atoms with van der Waals surface area (Å²) in [5, 5.41) is 16.7. The summed E-state index contributed by atoms with van der Waals surface area (Å²) in [5.74, 6) is -0.844. The van der Waals surface area contributed by atoms with Crippen LogP contribution in [0.15, 0.2) is 58.6 Å². The summed E-state index contributed by atoms with van der Waals surface area (Å²) in [4.78, 5) is 12.5. The second-order valence-electron chi connectivity index (χ2n) is 6.08. The van der Waals surface area contributed by atoms with E-state index in [9.17, 15) is 14.4 Å². The highest BCUT2D eigenvalue weighted by molar-refractivity contribution is 9.10. The van der Waals surface area contributed by atoms with Gasteiger partial charge in [0.2, 0.25) is 0 Å². The largest absolute Gasteiger partial charge is 0.320 e. The number of halogens is 2. The van der Waals surface area contributed by atoms with Crippen LogP contribution in [0.1, 0.15) is 17.0 Å². The van der Waals surface area contributed by atoms with Crippen molar-refractivity contribution in [1.29, 1.82) is 5.26 Å². The normalized spacial score (nSPS) is 11.2. The number of nitriles is 1. The molecule has 5 nitrogen and oxygen atoms in total. The molecule has 1 N–H and O–H groups in total. The minimum absolute atomic E-state index is 0.0411. The summed E-state index contributed by atoms with van der Waals surface area (Å²) in [6, 6.07) is 15.0. The number of aryl methyl sites for hydroxylation is 1. The molecule has 1 heterocycles. The predicted octanol–water partition coefficient (Wildman–Crippen LogP) is 4.94. The summed E-state index contributed by atoms with van der Waals surface area (Å²) >= 11 is 3.36. The van der Waals surface area contributed by atoms with Crippen LogP contribution in [0.25, 0.3) is 11.8 Å². The Labute approximate surface area is 170 Å². The number of aromatic nitrogens is 2. The van der Waals surface area contributed by atoms with Gasteiger partial charge in [-0.3, -0.25) is 4.79 Å². The summed E-state index contributed by atoms with van der Waals surface area (Å²) in [6.07, 6.45) is 1.52. The molecular weight excluding hydrogens is 423 g/mol. The Kier molecular flexibility index (Phi) is 5.71. The zero-order valence-corrected chi connectivity index (χ0v) is 16.8. The maximum absolute atomic E-state index is 13.2. The average molecular weight is 439 g/mol. The molecule has 0 unspecified atom stereocenters. The standard InChI is InChI=1S/C21H16BrFN4O/c1-13-18(14(2)27(26-13)17-9-7-16(23)8-10-17)11-15(12-24)21(28)25-20-6-4-3-5-19(20)22/h3-11H,1-2H3,(H,25,28). The zero-order valence-electron chi connectivity index (χ0n) is 15.2. The van der Waals surface area contributed by atoms with Gasteiger partial charge in [0.1, 0.15) is 17.5 Å². The van der Waals surface area contributed by atoms with E-state index in [1.807, 2.05) is 19.1 Å². The molecule has 0 aliphatic rings. The molecule has 0 atom stereocenters. The number of benzene rings is 2. The molecule has 0 fully saturated rings. The van der Waals surface area contributed by atoms with Crippen LogP contribution in [0.2, 0.25) is 0 Å². The average Bonchev–Trinajstić information content (AvgIpc) is 2.96. The van der Waals surface area contributed by atoms with Crippen LogP contribution >= 0.6 is 15.9 Å². The van der Waals surface area contributed by atoms with Crippen molar-refractivity contribution >= 4 is 33.6 Å². The van der Waals surface area contributed by atoms with E-state index in [2.05, 4.69) is 26.3 Å². The predicted molar refractivity (Wildman–Crippen MR) is 109 cm³/mol. The molecule has 0 aliphatic carbocycles. The lowest BCUT2D eigenvalue weighted by Crippen LogP contribution is -2.13. The van der Waals surface area contributed by atoms with E-state index in [1.165, 1.54) is 18.2 Å². The van der Waals surface area contributed by atoms with E-state index in [4.69, 9.17) is 0 Å². The lowest BCUT2D eigenvalue weighted by Gasteiger charge is -2.07. The molecule has 3 rings (SSSR count). The molecule has 140 valence electrons. The number of carbonyl (C=O) groups excluding carboxylic acids is 1. The van der Waals surface area contributed by atoms with Gasteiger partial charge in [0, 0.05) is 15.7 Å². The van der Waals surface area contributed by atoms with Gasteiger partial charge in [-0.25, -0.2) is 9.07 Å². The van der Waals surface area contributed by atoms with Crippen LogP contribution in [-0.4, -0.2) is 15.7 Å². The Balaban J connectivity index is 1.95. The van der Waals surface area contributed by atoms with Crippen LogP contribution in [-0.2, 0) is 4.79 Å². The van der Waals surface area contributed by atoms with E-state index < -0.39 is 5.91 Å². The topological polar surface area (TPSA) is 70.7 Å². The zero-order chi connectivity index (χ0) is 20.3. The Morgan fingerprint density at radius 3 is 2.54 bits per heavy atom. The number of hydrogen-bond donors (Lipinski definition) is 1. The molecule has 0 saturated heterocycles. The maximum Gasteiger partial charge on any atom is 0.266 e. The molecule has 0 aliphatic heterocycles. The Bertz CT molecular complexity index is 1110. The van der Waals surface area contributed by atoms with Crippen LogP contribution in [0.4, 0.5) is 10.1 Å². The molecule has 28 heavy (non-hydrogen) atoms. The Morgan fingerprint density at radius 2 is 1.89 bits per heavy atom. The number of hydrogen-bond acceptors (Lipinski definition) is 3. The van der Waals surface area contributed by atoms with Gasteiger partial charge in [0.15, 0.2) is 0 Å². The van der Waals surface area contributed by atoms with Crippen molar-refractivity contribution in [3.8, 4) is 11.8 Å². The van der Waals surface area contributed by atoms with Gasteiger partial charge in [-0.05, 0) is 72.3 Å². The van der Waals surface area contributed by atoms with E-state index in [0.29, 0.717) is 22.6 Å². The van der Waals surface area contributed by atoms with Gasteiger partial charge in [0.25, 0.3) is 5.91 Å². The monoisotopic (exact) mass is 438 g/mol. The van der Waals surface area contributed by atoms with Crippen molar-refractivity contribution in [2.75, 3.05) is 5.32 Å². The lowest BCUT2D eigenvalue weighted by molar-refractivity contribution is -0.112. The van der Waals surface area contributed by atoms with E-state index in [-0.39, 0.29) is 11.4 Å². The highest BCUT2D eigenvalue weighted by atomic mass is 79.9. The molecular formula is C21H16BrFN4O. The number of amides is 1. The van der Waals surface area contributed by atoms with Gasteiger partial charge >= 0.3 is 0 Å². The van der Waals surface area contributed by atoms with Gasteiger partial charge in [0.05, 0.1) is 17.1 Å². The van der Waals surface area contributed by atoms with E-state index in [1.54, 1.807) is 41.9 Å². The lowest BCUT2D eigenvalue weighted by atomic mass is 10.1. The third-order valence-corrected chi connectivity index (χ3v) is 4.89. The van der Waals surface area contributed by atoms with Crippen LogP contribution < -0.4 is 5.32 Å². The first-order valence-electron chi connectivity index (χ1n) is 8.40. The van der Waals surface area contributed by atoms with Gasteiger partial charge in [-0.15, -0.1) is 0 Å². The quantitative estimate of drug-likeness (QED) is 0.463. The second-order valence-corrected chi connectivity index (χ2v) is 6.93. The number of nitrogens with one attached hydrogen (secondary N) is 1. The van der Waals surface area contributed by atoms with E-state index in [0.717, 1.165) is 10.2 Å². The summed E-state index contributed by atoms with van der Waals surface area (Å²) in [6.45, 7) is 3.62. The Hall–Kier alpha value is -3.24. The van der Waals surface area contributed by atoms with Crippen LogP contribution in [0, 0.1) is 31.0 Å². The van der Waals surface area contributed by atoms with Crippen LogP contribution in [0.3, 0.4) is 0 Å². The third-order valence-electron chi connectivity index (χ3n) is 4.19. The fraction of sp³-hybridized carbons (Fsp3) is 0.0952. The molecule has 0 spiro atoms. The molecule has 0 saturated carbocycles. The number of para-hydroxylation sites is 1. The summed E-state index contributed by atoms with van der Waals surface area (Å²) in [5.41, 5.74) is 3.29. The van der Waals surface area contributed by atoms with Crippen molar-refractivity contribution in [2.45, 2.75) is 13.8 Å². The van der Waals surface area contributed by atoms with Gasteiger partial charge in [-0.1, -0.05) is 12.1 Å². The highest BCUT2D eigenvalue weighted by Gasteiger charge is 2.16. The van der Waals surface area contributed by atoms with Gasteiger partial charge in [-0.2, -0.15) is 10.4 Å². The molecule has 0 radical (unpaired) electrons. The van der Waals surface area contributed by atoms with Crippen molar-refractivity contribution < 1.29 is 9.18 Å². The molecule has 7 heteroatoms. The van der Waals surface area contributed by atoms with Crippen molar-refractivity contribution in [3.63, 3.8) is 0 Å². The molecule has 2 aromatic carbocycles. The number of anilines is 1. The molecule has 1 aromatic heterocycles. The van der Waals surface area contributed by atoms with Crippen molar-refractivity contribution in [1.82, 2.24) is 9.78 Å². The first kappa shape index (κ1) is 19.5. The fourth-order valence-electron chi connectivity index (χ4n) is 2.74. The van der Waals surface area contributed by atoms with Gasteiger partial charge < -0.3 is 5.32 Å². The molecule has 3 aromatic rings. The number of carbonyl (C=O) groups is 1. The second kappa shape index (κ2) is 8.19. The summed E-state index contributed by atoms with van der Waals surface area (Å²) < 4.78 is 15.6. The number of nitrogens with zero attached hydrogens (tertiary/aromatic N) is 3. The SMILES string of the molecule is Cc1nn(-c2ccc(F)cc2)c(C)c1C=C(C#N)C(=O)Nc1ccccc1Br. The summed E-state index contributed by atoms with van der Waals surface area (Å²) in [7, 11) is 0. The van der Waals surface area contributed by atoms with Crippen LogP contribution in [0.5, 0.6) is 0 Å². The molecule has 0 bridgehead atoms. The maximum atomic E-state index is 13.2. The third kappa shape index (κ3) is 4.02. The first-order valence-corrected chi connectivity index (χ1v) is 9.20. The van der Waals surface area contributed by atoms with Crippen molar-refractivity contribution in [3.05, 3.63) is 81.3 Å². The molecule has 1 amide bonds. The smallest absolute Gasteiger partial charge is 0.266 e. The minimum Gasteiger partial charge on any atom is -0.320 e. The Morgan fingerprint density at radius 1 is 1.21 bits per heavy atom. The van der Waals surface area contributed by atoms with E-state index >= 15 is 0 Å². The van der Waals surface area contributed by atoms with Crippen molar-refractivity contribution in [2.24, 2.45) is 0 Å². The number of rotatable bonds is 4. The fourth-order valence-corrected chi connectivity index (χ4v) is 3.13. The highest BCUT2D eigenvalue weighted by Crippen LogP contribution is 2.24. The first-order chi connectivity index (χ1) is 13.4. The minimum atomic E-state index is -0.511.